The average molecular weight is 426 g/mol. The molecule has 0 spiro atoms. The fourth-order valence-corrected chi connectivity index (χ4v) is 2.34. The zero-order valence-electron chi connectivity index (χ0n) is 15.6. The van der Waals surface area contributed by atoms with E-state index in [-0.39, 0.29) is 12.4 Å². The zero-order valence-corrected chi connectivity index (χ0v) is 15.6. The minimum atomic E-state index is -6.18. The summed E-state index contributed by atoms with van der Waals surface area (Å²) >= 11 is 0. The molecule has 0 bridgehead atoms. The van der Waals surface area contributed by atoms with Crippen LogP contribution in [0.15, 0.2) is 12.2 Å². The summed E-state index contributed by atoms with van der Waals surface area (Å²) in [6.45, 7) is 1.72. The van der Waals surface area contributed by atoms with Crippen LogP contribution in [-0.4, -0.2) is 36.8 Å². The molecule has 0 aromatic carbocycles. The van der Waals surface area contributed by atoms with Gasteiger partial charge in [0.15, 0.2) is 0 Å². The second-order valence-electron chi connectivity index (χ2n) is 6.48. The third kappa shape index (κ3) is 8.77. The molecule has 0 N–H and O–H groups in total. The van der Waals surface area contributed by atoms with Crippen LogP contribution in [-0.2, 0) is 9.53 Å². The Balaban J connectivity index is 3.96. The van der Waals surface area contributed by atoms with Crippen molar-refractivity contribution in [2.75, 3.05) is 6.61 Å². The van der Waals surface area contributed by atoms with Crippen molar-refractivity contribution in [3.63, 3.8) is 0 Å². The molecular weight excluding hydrogens is 400 g/mol. The number of rotatable bonds is 15. The van der Waals surface area contributed by atoms with Gasteiger partial charge in [-0.2, -0.15) is 26.3 Å². The van der Waals surface area contributed by atoms with E-state index in [1.165, 1.54) is 6.92 Å². The quantitative estimate of drug-likeness (QED) is 0.125. The van der Waals surface area contributed by atoms with Crippen molar-refractivity contribution in [1.29, 1.82) is 0 Å². The molecule has 0 aromatic heterocycles. The Kier molecular flexibility index (Phi) is 11.7. The van der Waals surface area contributed by atoms with Crippen molar-refractivity contribution in [2.24, 2.45) is 0 Å². The average Bonchev–Trinajstić information content (AvgIpc) is 2.58. The first-order valence-corrected chi connectivity index (χ1v) is 9.09. The standard InChI is InChI=1S/C18H26F8O2/c1-14(27)28-13-11-9-7-5-3-2-4-6-8-10-12-16(21,22)18(25,26)17(23,24)15(19)20/h10,12,15H,2-9,11,13H2,1H3/b12-10+. The molecule has 166 valence electrons. The van der Waals surface area contributed by atoms with Crippen molar-refractivity contribution in [3.8, 4) is 0 Å². The van der Waals surface area contributed by atoms with Gasteiger partial charge in [-0.3, -0.25) is 4.79 Å². The Morgan fingerprint density at radius 2 is 1.32 bits per heavy atom. The largest absolute Gasteiger partial charge is 0.466 e. The van der Waals surface area contributed by atoms with Crippen LogP contribution < -0.4 is 0 Å². The van der Waals surface area contributed by atoms with Gasteiger partial charge >= 0.3 is 30.2 Å². The number of hydrogen-bond acceptors (Lipinski definition) is 2. The van der Waals surface area contributed by atoms with E-state index >= 15 is 0 Å². The lowest BCUT2D eigenvalue weighted by Gasteiger charge is -2.30. The summed E-state index contributed by atoms with van der Waals surface area (Å²) in [6, 6.07) is 0. The van der Waals surface area contributed by atoms with Gasteiger partial charge in [-0.25, -0.2) is 8.78 Å². The number of carbonyl (C=O) groups excluding carboxylic acids is 1. The van der Waals surface area contributed by atoms with Gasteiger partial charge in [0, 0.05) is 6.92 Å². The molecule has 0 amide bonds. The number of hydrogen-bond donors (Lipinski definition) is 0. The molecule has 0 fully saturated rings. The van der Waals surface area contributed by atoms with Crippen molar-refractivity contribution in [3.05, 3.63) is 12.2 Å². The molecule has 0 unspecified atom stereocenters. The van der Waals surface area contributed by atoms with Crippen molar-refractivity contribution >= 4 is 5.97 Å². The third-order valence-corrected chi connectivity index (χ3v) is 4.01. The van der Waals surface area contributed by atoms with Crippen molar-refractivity contribution in [2.45, 2.75) is 88.9 Å². The van der Waals surface area contributed by atoms with E-state index in [0.29, 0.717) is 25.5 Å². The normalized spacial score (nSPS) is 13.5. The number of carbonyl (C=O) groups is 1. The Hall–Kier alpha value is -1.35. The minimum Gasteiger partial charge on any atom is -0.466 e. The molecule has 0 rings (SSSR count). The van der Waals surface area contributed by atoms with Gasteiger partial charge in [-0.05, 0) is 25.3 Å². The van der Waals surface area contributed by atoms with E-state index in [9.17, 15) is 39.9 Å². The van der Waals surface area contributed by atoms with Gasteiger partial charge in [0.1, 0.15) is 0 Å². The van der Waals surface area contributed by atoms with Crippen molar-refractivity contribution in [1.82, 2.24) is 0 Å². The molecular formula is C18H26F8O2. The Morgan fingerprint density at radius 3 is 1.79 bits per heavy atom. The molecule has 0 atom stereocenters. The number of unbranched alkanes of at least 4 members (excludes halogenated alkanes) is 8. The molecule has 0 aliphatic rings. The van der Waals surface area contributed by atoms with Crippen molar-refractivity contribution < 1.29 is 44.7 Å². The first kappa shape index (κ1) is 26.6. The highest BCUT2D eigenvalue weighted by Crippen LogP contribution is 2.49. The molecule has 0 saturated heterocycles. The van der Waals surface area contributed by atoms with Crippen LogP contribution >= 0.6 is 0 Å². The van der Waals surface area contributed by atoms with E-state index in [2.05, 4.69) is 0 Å². The summed E-state index contributed by atoms with van der Waals surface area (Å²) in [5, 5.41) is 0. The van der Waals surface area contributed by atoms with Crippen LogP contribution in [0, 0.1) is 0 Å². The zero-order chi connectivity index (χ0) is 21.8. The molecule has 0 radical (unpaired) electrons. The van der Waals surface area contributed by atoms with Crippen LogP contribution in [0.5, 0.6) is 0 Å². The summed E-state index contributed by atoms with van der Waals surface area (Å²) in [4.78, 5) is 10.5. The number of halogens is 8. The summed E-state index contributed by atoms with van der Waals surface area (Å²) < 4.78 is 107. The SMILES string of the molecule is CC(=O)OCCCCCCCCCC/C=C/C(F)(F)C(F)(F)C(F)(F)C(F)F. The molecule has 2 nitrogen and oxygen atoms in total. The highest BCUT2D eigenvalue weighted by molar-refractivity contribution is 5.65. The molecule has 0 heterocycles. The molecule has 28 heavy (non-hydrogen) atoms. The van der Waals surface area contributed by atoms with Gasteiger partial charge in [0.05, 0.1) is 6.61 Å². The Bertz CT molecular complexity index is 478. The minimum absolute atomic E-state index is 0.0473. The van der Waals surface area contributed by atoms with E-state index in [1.807, 2.05) is 0 Å². The van der Waals surface area contributed by atoms with Gasteiger partial charge in [-0.1, -0.05) is 44.6 Å². The summed E-state index contributed by atoms with van der Waals surface area (Å²) in [5.74, 6) is -18.0. The fourth-order valence-electron chi connectivity index (χ4n) is 2.34. The lowest BCUT2D eigenvalue weighted by atomic mass is 10.0. The van der Waals surface area contributed by atoms with Crippen LogP contribution in [0.1, 0.15) is 64.7 Å². The first-order chi connectivity index (χ1) is 12.9. The maximum absolute atomic E-state index is 13.2. The second kappa shape index (κ2) is 12.3. The highest BCUT2D eigenvalue weighted by Gasteiger charge is 2.74. The number of ether oxygens (including phenoxy) is 1. The van der Waals surface area contributed by atoms with Crippen LogP contribution in [0.2, 0.25) is 0 Å². The number of esters is 1. The van der Waals surface area contributed by atoms with Gasteiger partial charge in [-0.15, -0.1) is 0 Å². The van der Waals surface area contributed by atoms with E-state index < -0.39 is 30.3 Å². The molecule has 0 aliphatic heterocycles. The fraction of sp³-hybridized carbons (Fsp3) is 0.833. The topological polar surface area (TPSA) is 26.3 Å². The van der Waals surface area contributed by atoms with Crippen LogP contribution in [0.3, 0.4) is 0 Å². The predicted molar refractivity (Wildman–Crippen MR) is 88.2 cm³/mol. The van der Waals surface area contributed by atoms with Crippen LogP contribution in [0.4, 0.5) is 35.1 Å². The number of alkyl halides is 8. The predicted octanol–water partition coefficient (Wildman–Crippen LogP) is 6.79. The molecule has 10 heteroatoms. The maximum Gasteiger partial charge on any atom is 0.381 e. The summed E-state index contributed by atoms with van der Waals surface area (Å²) in [7, 11) is 0. The Labute approximate surface area is 159 Å². The monoisotopic (exact) mass is 426 g/mol. The van der Waals surface area contributed by atoms with E-state index in [1.54, 1.807) is 0 Å². The van der Waals surface area contributed by atoms with Gasteiger partial charge in [0.25, 0.3) is 0 Å². The Morgan fingerprint density at radius 1 is 0.857 bits per heavy atom. The lowest BCUT2D eigenvalue weighted by Crippen LogP contribution is -2.56. The molecule has 0 aromatic rings. The molecule has 0 aliphatic carbocycles. The number of allylic oxidation sites excluding steroid dienone is 2. The van der Waals surface area contributed by atoms with E-state index in [4.69, 9.17) is 4.74 Å². The first-order valence-electron chi connectivity index (χ1n) is 9.09. The second-order valence-corrected chi connectivity index (χ2v) is 6.48. The summed E-state index contributed by atoms with van der Waals surface area (Å²) in [5.41, 5.74) is 0. The summed E-state index contributed by atoms with van der Waals surface area (Å²) in [6.07, 6.45) is 1.48. The maximum atomic E-state index is 13.2. The van der Waals surface area contributed by atoms with E-state index in [0.717, 1.165) is 38.5 Å². The van der Waals surface area contributed by atoms with Gasteiger partial charge < -0.3 is 4.74 Å². The highest BCUT2D eigenvalue weighted by atomic mass is 19.4. The van der Waals surface area contributed by atoms with Gasteiger partial charge in [0.2, 0.25) is 0 Å². The van der Waals surface area contributed by atoms with Crippen LogP contribution in [0.25, 0.3) is 0 Å². The smallest absolute Gasteiger partial charge is 0.381 e. The third-order valence-electron chi connectivity index (χ3n) is 4.01. The molecule has 0 saturated carbocycles. The lowest BCUT2D eigenvalue weighted by molar-refractivity contribution is -0.325.